The van der Waals surface area contributed by atoms with Crippen LogP contribution in [0.5, 0.6) is 0 Å². The molecule has 0 bridgehead atoms. The highest BCUT2D eigenvalue weighted by molar-refractivity contribution is 6.77. The standard InChI is InChI=1S/C15H26NO2Si/c1-16(2,12-14(17)18-3)15(19(4,5)6)13-10-8-7-9-11-13/h7-11,15H,12H2,1-6H3/q+1. The number of nitrogens with zero attached hydrogens (tertiary/aromatic N) is 1. The zero-order chi connectivity index (χ0) is 14.7. The van der Waals surface area contributed by atoms with Crippen molar-refractivity contribution >= 4 is 14.0 Å². The van der Waals surface area contributed by atoms with Crippen LogP contribution in [0.15, 0.2) is 30.3 Å². The Morgan fingerprint density at radius 1 is 1.21 bits per heavy atom. The predicted octanol–water partition coefficient (Wildman–Crippen LogP) is 2.85. The number of methoxy groups -OCH3 is 1. The molecular weight excluding hydrogens is 254 g/mol. The predicted molar refractivity (Wildman–Crippen MR) is 81.5 cm³/mol. The van der Waals surface area contributed by atoms with Crippen molar-refractivity contribution in [3.05, 3.63) is 35.9 Å². The van der Waals surface area contributed by atoms with Crippen LogP contribution < -0.4 is 0 Å². The lowest BCUT2D eigenvalue weighted by molar-refractivity contribution is -0.902. The van der Waals surface area contributed by atoms with Crippen LogP contribution in [0.3, 0.4) is 0 Å². The zero-order valence-electron chi connectivity index (χ0n) is 12.9. The number of esters is 1. The van der Waals surface area contributed by atoms with E-state index in [1.54, 1.807) is 0 Å². The van der Waals surface area contributed by atoms with Crippen molar-refractivity contribution in [1.82, 2.24) is 0 Å². The molecule has 1 atom stereocenters. The molecule has 4 heteroatoms. The van der Waals surface area contributed by atoms with Crippen LogP contribution in [0.4, 0.5) is 0 Å². The summed E-state index contributed by atoms with van der Waals surface area (Å²) >= 11 is 0. The molecule has 3 nitrogen and oxygen atoms in total. The molecule has 0 N–H and O–H groups in total. The fourth-order valence-electron chi connectivity index (χ4n) is 3.08. The summed E-state index contributed by atoms with van der Waals surface area (Å²) in [7, 11) is 4.21. The highest BCUT2D eigenvalue weighted by Gasteiger charge is 2.42. The molecule has 0 spiro atoms. The Bertz CT molecular complexity index is 424. The summed E-state index contributed by atoms with van der Waals surface area (Å²) in [5, 5.41) is 0. The van der Waals surface area contributed by atoms with E-state index >= 15 is 0 Å². The molecule has 1 rings (SSSR count). The van der Waals surface area contributed by atoms with Crippen molar-refractivity contribution in [1.29, 1.82) is 0 Å². The second kappa shape index (κ2) is 5.88. The molecule has 0 aliphatic heterocycles. The smallest absolute Gasteiger partial charge is 0.361 e. The van der Waals surface area contributed by atoms with Crippen LogP contribution in [0, 0.1) is 0 Å². The van der Waals surface area contributed by atoms with Crippen LogP contribution in [-0.4, -0.2) is 46.3 Å². The van der Waals surface area contributed by atoms with E-state index in [0.29, 0.717) is 16.7 Å². The van der Waals surface area contributed by atoms with Crippen LogP contribution in [-0.2, 0) is 9.53 Å². The molecule has 0 radical (unpaired) electrons. The van der Waals surface area contributed by atoms with E-state index in [1.807, 2.05) is 6.07 Å². The van der Waals surface area contributed by atoms with Crippen molar-refractivity contribution in [3.8, 4) is 0 Å². The van der Waals surface area contributed by atoms with E-state index < -0.39 is 8.07 Å². The molecular formula is C15H26NO2Si+. The van der Waals surface area contributed by atoms with Gasteiger partial charge in [0.15, 0.2) is 6.54 Å². The molecule has 0 saturated carbocycles. The van der Waals surface area contributed by atoms with Crippen molar-refractivity contribution in [3.63, 3.8) is 0 Å². The van der Waals surface area contributed by atoms with Gasteiger partial charge in [-0.3, -0.25) is 0 Å². The summed E-state index contributed by atoms with van der Waals surface area (Å²) in [6.07, 6.45) is 0. The number of likely N-dealkylation sites (N-methyl/N-ethyl adjacent to an activating group) is 1. The van der Waals surface area contributed by atoms with E-state index in [2.05, 4.69) is 58.0 Å². The van der Waals surface area contributed by atoms with Gasteiger partial charge in [-0.05, 0) is 0 Å². The second-order valence-corrected chi connectivity index (χ2v) is 12.0. The van der Waals surface area contributed by atoms with Crippen LogP contribution >= 0.6 is 0 Å². The van der Waals surface area contributed by atoms with E-state index in [1.165, 1.54) is 12.7 Å². The molecule has 106 valence electrons. The Morgan fingerprint density at radius 3 is 2.16 bits per heavy atom. The molecule has 0 heterocycles. The lowest BCUT2D eigenvalue weighted by Gasteiger charge is -2.43. The normalized spacial score (nSPS) is 14.0. The first-order valence-electron chi connectivity index (χ1n) is 6.63. The van der Waals surface area contributed by atoms with Gasteiger partial charge in [-0.25, -0.2) is 4.79 Å². The molecule has 0 fully saturated rings. The molecule has 0 aliphatic carbocycles. The SMILES string of the molecule is COC(=O)C[N+](C)(C)C(c1ccccc1)[Si](C)(C)C. The summed E-state index contributed by atoms with van der Waals surface area (Å²) in [6, 6.07) is 10.5. The van der Waals surface area contributed by atoms with Gasteiger partial charge in [-0.2, -0.15) is 0 Å². The molecule has 0 amide bonds. The number of carbonyl (C=O) groups excluding carboxylic acids is 1. The third-order valence-electron chi connectivity index (χ3n) is 3.40. The molecule has 1 aromatic rings. The molecule has 1 unspecified atom stereocenters. The summed E-state index contributed by atoms with van der Waals surface area (Å²) in [6.45, 7) is 7.45. The van der Waals surface area contributed by atoms with E-state index in [9.17, 15) is 4.79 Å². The average molecular weight is 280 g/mol. The Morgan fingerprint density at radius 2 is 1.74 bits per heavy atom. The molecule has 0 aromatic heterocycles. The maximum absolute atomic E-state index is 11.7. The van der Waals surface area contributed by atoms with E-state index in [-0.39, 0.29) is 5.97 Å². The first-order chi connectivity index (χ1) is 8.68. The van der Waals surface area contributed by atoms with Gasteiger partial charge >= 0.3 is 5.97 Å². The number of hydrogen-bond acceptors (Lipinski definition) is 2. The van der Waals surface area contributed by atoms with Gasteiger partial charge < -0.3 is 9.22 Å². The van der Waals surface area contributed by atoms with Gasteiger partial charge in [-0.15, -0.1) is 0 Å². The van der Waals surface area contributed by atoms with E-state index in [0.717, 1.165) is 0 Å². The first-order valence-corrected chi connectivity index (χ1v) is 10.2. The van der Waals surface area contributed by atoms with E-state index in [4.69, 9.17) is 4.74 Å². The van der Waals surface area contributed by atoms with Crippen molar-refractivity contribution in [2.24, 2.45) is 0 Å². The molecule has 19 heavy (non-hydrogen) atoms. The van der Waals surface area contributed by atoms with Gasteiger partial charge in [0.05, 0.1) is 26.9 Å². The fraction of sp³-hybridized carbons (Fsp3) is 0.533. The van der Waals surface area contributed by atoms with Gasteiger partial charge in [0.25, 0.3) is 0 Å². The van der Waals surface area contributed by atoms with Gasteiger partial charge in [0, 0.05) is 5.56 Å². The number of quaternary nitrogens is 1. The topological polar surface area (TPSA) is 26.3 Å². The summed E-state index contributed by atoms with van der Waals surface area (Å²) in [4.78, 5) is 11.7. The molecule has 0 aliphatic rings. The van der Waals surface area contributed by atoms with Gasteiger partial charge in [-0.1, -0.05) is 50.0 Å². The average Bonchev–Trinajstić information content (AvgIpc) is 2.27. The quantitative estimate of drug-likeness (QED) is 0.471. The molecule has 1 aromatic carbocycles. The maximum Gasteiger partial charge on any atom is 0.361 e. The minimum absolute atomic E-state index is 0.149. The highest BCUT2D eigenvalue weighted by Crippen LogP contribution is 2.34. The maximum atomic E-state index is 11.7. The van der Waals surface area contributed by atoms with Crippen molar-refractivity contribution in [2.75, 3.05) is 27.7 Å². The Balaban J connectivity index is 3.15. The minimum atomic E-state index is -1.48. The molecule has 0 saturated heterocycles. The van der Waals surface area contributed by atoms with Crippen LogP contribution in [0.25, 0.3) is 0 Å². The van der Waals surface area contributed by atoms with Crippen LogP contribution in [0.1, 0.15) is 11.2 Å². The summed E-state index contributed by atoms with van der Waals surface area (Å²) in [5.74, 6) is -0.149. The number of benzene rings is 1. The Kier molecular flexibility index (Phi) is 4.93. The lowest BCUT2D eigenvalue weighted by atomic mass is 10.2. The lowest BCUT2D eigenvalue weighted by Crippen LogP contribution is -2.55. The third kappa shape index (κ3) is 4.18. The summed E-state index contributed by atoms with van der Waals surface area (Å²) in [5.41, 5.74) is 1.68. The van der Waals surface area contributed by atoms with Gasteiger partial charge in [0.1, 0.15) is 8.07 Å². The Labute approximate surface area is 117 Å². The summed E-state index contributed by atoms with van der Waals surface area (Å²) < 4.78 is 5.49. The largest absolute Gasteiger partial charge is 0.465 e. The second-order valence-electron chi connectivity index (χ2n) is 6.69. The number of hydrogen-bond donors (Lipinski definition) is 0. The number of ether oxygens (including phenoxy) is 1. The monoisotopic (exact) mass is 280 g/mol. The highest BCUT2D eigenvalue weighted by atomic mass is 28.3. The number of carbonyl (C=O) groups is 1. The van der Waals surface area contributed by atoms with Crippen LogP contribution in [0.2, 0.25) is 19.6 Å². The van der Waals surface area contributed by atoms with Crippen molar-refractivity contribution in [2.45, 2.75) is 25.3 Å². The Hall–Kier alpha value is -1.13. The number of rotatable bonds is 5. The zero-order valence-corrected chi connectivity index (χ0v) is 13.9. The fourth-order valence-corrected chi connectivity index (χ4v) is 6.46. The third-order valence-corrected chi connectivity index (χ3v) is 6.07. The minimum Gasteiger partial charge on any atom is -0.465 e. The first kappa shape index (κ1) is 15.9. The van der Waals surface area contributed by atoms with Crippen molar-refractivity contribution < 1.29 is 14.0 Å². The van der Waals surface area contributed by atoms with Gasteiger partial charge in [0.2, 0.25) is 0 Å².